The number of rotatable bonds is 8. The zero-order valence-corrected chi connectivity index (χ0v) is 15.5. The molecule has 0 saturated carbocycles. The smallest absolute Gasteiger partial charge is 0.248 e. The lowest BCUT2D eigenvalue weighted by molar-refractivity contribution is 0.261. The summed E-state index contributed by atoms with van der Waals surface area (Å²) in [6.45, 7) is 7.10. The number of benzene rings is 2. The van der Waals surface area contributed by atoms with Gasteiger partial charge >= 0.3 is 0 Å². The first-order chi connectivity index (χ1) is 13.2. The summed E-state index contributed by atoms with van der Waals surface area (Å²) in [5, 5.41) is 8.15. The van der Waals surface area contributed by atoms with Crippen LogP contribution in [0.2, 0.25) is 0 Å². The van der Waals surface area contributed by atoms with Crippen molar-refractivity contribution < 1.29 is 23.0 Å². The third-order valence-electron chi connectivity index (χ3n) is 3.67. The summed E-state index contributed by atoms with van der Waals surface area (Å²) in [7, 11) is 0. The molecule has 1 heterocycles. The van der Waals surface area contributed by atoms with Crippen molar-refractivity contribution in [3.63, 3.8) is 0 Å². The first-order valence-electron chi connectivity index (χ1n) is 8.82. The van der Waals surface area contributed by atoms with Crippen LogP contribution in [0.25, 0.3) is 22.9 Å². The molecule has 142 valence electrons. The molecule has 0 radical (unpaired) electrons. The summed E-state index contributed by atoms with van der Waals surface area (Å²) >= 11 is 0. The highest BCUT2D eigenvalue weighted by atomic mass is 19.1. The molecule has 0 fully saturated rings. The van der Waals surface area contributed by atoms with Gasteiger partial charge in [-0.2, -0.15) is 0 Å². The maximum Gasteiger partial charge on any atom is 0.248 e. The van der Waals surface area contributed by atoms with Crippen LogP contribution in [0, 0.1) is 5.82 Å². The van der Waals surface area contributed by atoms with E-state index in [9.17, 15) is 4.39 Å². The molecule has 2 aromatic carbocycles. The second-order valence-electron chi connectivity index (χ2n) is 5.52. The number of aromatic nitrogens is 2. The number of nitrogens with zero attached hydrogens (tertiary/aromatic N) is 2. The summed E-state index contributed by atoms with van der Waals surface area (Å²) in [5.41, 5.74) is 1.28. The van der Waals surface area contributed by atoms with Gasteiger partial charge in [0.15, 0.2) is 11.5 Å². The second kappa shape index (κ2) is 8.53. The van der Waals surface area contributed by atoms with E-state index in [0.717, 1.165) is 0 Å². The van der Waals surface area contributed by atoms with Crippen LogP contribution in [-0.2, 0) is 0 Å². The van der Waals surface area contributed by atoms with Gasteiger partial charge in [0.25, 0.3) is 0 Å². The first kappa shape index (κ1) is 18.7. The third-order valence-corrected chi connectivity index (χ3v) is 3.67. The summed E-state index contributed by atoms with van der Waals surface area (Å²) in [6.07, 6.45) is 0. The van der Waals surface area contributed by atoms with Gasteiger partial charge in [-0.15, -0.1) is 10.2 Å². The summed E-state index contributed by atoms with van der Waals surface area (Å²) in [4.78, 5) is 0. The molecule has 0 aliphatic rings. The van der Waals surface area contributed by atoms with Crippen LogP contribution in [0.15, 0.2) is 40.8 Å². The van der Waals surface area contributed by atoms with E-state index in [2.05, 4.69) is 10.2 Å². The Bertz CT molecular complexity index is 866. The van der Waals surface area contributed by atoms with Gasteiger partial charge in [-0.1, -0.05) is 0 Å². The number of halogens is 1. The average molecular weight is 372 g/mol. The largest absolute Gasteiger partial charge is 0.490 e. The zero-order chi connectivity index (χ0) is 19.2. The van der Waals surface area contributed by atoms with Gasteiger partial charge in [-0.3, -0.25) is 0 Å². The monoisotopic (exact) mass is 372 g/mol. The van der Waals surface area contributed by atoms with Crippen LogP contribution in [0.1, 0.15) is 20.8 Å². The quantitative estimate of drug-likeness (QED) is 0.569. The van der Waals surface area contributed by atoms with Crippen molar-refractivity contribution in [3.05, 3.63) is 42.2 Å². The van der Waals surface area contributed by atoms with Gasteiger partial charge < -0.3 is 18.6 Å². The van der Waals surface area contributed by atoms with E-state index in [4.69, 9.17) is 18.6 Å². The van der Waals surface area contributed by atoms with Gasteiger partial charge in [0.2, 0.25) is 17.5 Å². The second-order valence-corrected chi connectivity index (χ2v) is 5.52. The van der Waals surface area contributed by atoms with Gasteiger partial charge in [-0.25, -0.2) is 4.39 Å². The van der Waals surface area contributed by atoms with Crippen LogP contribution < -0.4 is 14.2 Å². The minimum Gasteiger partial charge on any atom is -0.490 e. The highest BCUT2D eigenvalue weighted by Crippen LogP contribution is 2.42. The molecular formula is C20H21FN2O4. The average Bonchev–Trinajstić information content (AvgIpc) is 3.15. The number of hydrogen-bond donors (Lipinski definition) is 0. The molecule has 3 aromatic rings. The molecule has 0 aliphatic heterocycles. The molecule has 6 nitrogen and oxygen atoms in total. The van der Waals surface area contributed by atoms with E-state index in [1.54, 1.807) is 24.3 Å². The highest BCUT2D eigenvalue weighted by Gasteiger charge is 2.19. The molecule has 7 heteroatoms. The van der Waals surface area contributed by atoms with Crippen LogP contribution >= 0.6 is 0 Å². The van der Waals surface area contributed by atoms with Crippen molar-refractivity contribution in [2.45, 2.75) is 20.8 Å². The predicted octanol–water partition coefficient (Wildman–Crippen LogP) is 4.74. The SMILES string of the molecule is CCOc1cc(-c2nnc(-c3ccc(F)cc3)o2)cc(OCC)c1OCC. The highest BCUT2D eigenvalue weighted by molar-refractivity contribution is 5.66. The number of ether oxygens (including phenoxy) is 3. The predicted molar refractivity (Wildman–Crippen MR) is 98.6 cm³/mol. The summed E-state index contributed by atoms with van der Waals surface area (Å²) in [6, 6.07) is 9.41. The van der Waals surface area contributed by atoms with Gasteiger partial charge in [0.05, 0.1) is 19.8 Å². The molecule has 0 bridgehead atoms. The van der Waals surface area contributed by atoms with Gasteiger partial charge in [0, 0.05) is 11.1 Å². The van der Waals surface area contributed by atoms with E-state index in [0.29, 0.717) is 60.0 Å². The normalized spacial score (nSPS) is 10.7. The Balaban J connectivity index is 2.01. The lowest BCUT2D eigenvalue weighted by Crippen LogP contribution is -2.03. The van der Waals surface area contributed by atoms with Gasteiger partial charge in [0.1, 0.15) is 5.82 Å². The van der Waals surface area contributed by atoms with Crippen LogP contribution in [-0.4, -0.2) is 30.0 Å². The Morgan fingerprint density at radius 3 is 1.81 bits per heavy atom. The van der Waals surface area contributed by atoms with Crippen molar-refractivity contribution in [1.29, 1.82) is 0 Å². The van der Waals surface area contributed by atoms with Crippen molar-refractivity contribution in [3.8, 4) is 40.2 Å². The lowest BCUT2D eigenvalue weighted by atomic mass is 10.1. The topological polar surface area (TPSA) is 66.6 Å². The molecule has 3 rings (SSSR count). The van der Waals surface area contributed by atoms with Crippen molar-refractivity contribution in [2.24, 2.45) is 0 Å². The summed E-state index contributed by atoms with van der Waals surface area (Å²) < 4.78 is 36.0. The lowest BCUT2D eigenvalue weighted by Gasteiger charge is -2.16. The molecule has 0 N–H and O–H groups in total. The molecule has 0 unspecified atom stereocenters. The number of hydrogen-bond acceptors (Lipinski definition) is 6. The fraction of sp³-hybridized carbons (Fsp3) is 0.300. The van der Waals surface area contributed by atoms with E-state index in [1.807, 2.05) is 20.8 Å². The maximum atomic E-state index is 13.1. The maximum absolute atomic E-state index is 13.1. The van der Waals surface area contributed by atoms with Crippen molar-refractivity contribution in [2.75, 3.05) is 19.8 Å². The van der Waals surface area contributed by atoms with Crippen molar-refractivity contribution >= 4 is 0 Å². The Kier molecular flexibility index (Phi) is 5.90. The minimum absolute atomic E-state index is 0.301. The fourth-order valence-corrected chi connectivity index (χ4v) is 2.56. The zero-order valence-electron chi connectivity index (χ0n) is 15.5. The third kappa shape index (κ3) is 4.19. The Morgan fingerprint density at radius 1 is 0.778 bits per heavy atom. The molecule has 0 atom stereocenters. The molecule has 0 aliphatic carbocycles. The van der Waals surface area contributed by atoms with E-state index in [1.165, 1.54) is 12.1 Å². The van der Waals surface area contributed by atoms with Crippen LogP contribution in [0.4, 0.5) is 4.39 Å². The first-order valence-corrected chi connectivity index (χ1v) is 8.82. The van der Waals surface area contributed by atoms with Crippen LogP contribution in [0.5, 0.6) is 17.2 Å². The standard InChI is InChI=1S/C20H21FN2O4/c1-4-24-16-11-14(12-17(25-5-2)18(16)26-6-3)20-23-22-19(27-20)13-7-9-15(21)10-8-13/h7-12H,4-6H2,1-3H3. The van der Waals surface area contributed by atoms with E-state index >= 15 is 0 Å². The fourth-order valence-electron chi connectivity index (χ4n) is 2.56. The van der Waals surface area contributed by atoms with Gasteiger partial charge in [-0.05, 0) is 57.2 Å². The van der Waals surface area contributed by atoms with Crippen LogP contribution in [0.3, 0.4) is 0 Å². The molecule has 0 amide bonds. The Labute approximate surface area is 156 Å². The Hall–Kier alpha value is -3.09. The molecular weight excluding hydrogens is 351 g/mol. The van der Waals surface area contributed by atoms with E-state index in [-0.39, 0.29) is 5.82 Å². The Morgan fingerprint density at radius 2 is 1.30 bits per heavy atom. The molecule has 0 spiro atoms. The molecule has 1 aromatic heterocycles. The van der Waals surface area contributed by atoms with E-state index < -0.39 is 0 Å². The van der Waals surface area contributed by atoms with Crippen molar-refractivity contribution in [1.82, 2.24) is 10.2 Å². The summed E-state index contributed by atoms with van der Waals surface area (Å²) in [5.74, 6) is 1.91. The molecule has 27 heavy (non-hydrogen) atoms. The molecule has 0 saturated heterocycles. The minimum atomic E-state index is -0.326.